The summed E-state index contributed by atoms with van der Waals surface area (Å²) in [6.45, 7) is 5.94. The Morgan fingerprint density at radius 2 is 2.10 bits per heavy atom. The summed E-state index contributed by atoms with van der Waals surface area (Å²) in [6, 6.07) is 8.01. The van der Waals surface area contributed by atoms with Crippen molar-refractivity contribution >= 4 is 28.7 Å². The first-order chi connectivity index (χ1) is 10.1. The van der Waals surface area contributed by atoms with Crippen LogP contribution in [0, 0.1) is 13.8 Å². The Balaban J connectivity index is 2.02. The van der Waals surface area contributed by atoms with Crippen LogP contribution in [-0.2, 0) is 4.74 Å². The Kier molecular flexibility index (Phi) is 5.05. The third kappa shape index (κ3) is 4.13. The zero-order valence-corrected chi connectivity index (χ0v) is 13.0. The summed E-state index contributed by atoms with van der Waals surface area (Å²) in [5.41, 5.74) is 5.68. The molecular weight excluding hydrogens is 286 g/mol. The second kappa shape index (κ2) is 6.99. The fourth-order valence-electron chi connectivity index (χ4n) is 1.64. The first-order valence-corrected chi connectivity index (χ1v) is 7.42. The number of rotatable bonds is 5. The number of aryl methyl sites for hydroxylation is 2. The number of carbonyl (C=O) groups is 1. The van der Waals surface area contributed by atoms with E-state index in [1.807, 2.05) is 31.2 Å². The summed E-state index contributed by atoms with van der Waals surface area (Å²) in [7, 11) is 0. The molecule has 0 aliphatic heterocycles. The molecule has 1 aromatic heterocycles. The lowest BCUT2D eigenvalue weighted by atomic mass is 10.2. The monoisotopic (exact) mass is 303 g/mol. The third-order valence-electron chi connectivity index (χ3n) is 2.71. The summed E-state index contributed by atoms with van der Waals surface area (Å²) in [6.07, 6.45) is 1.71. The van der Waals surface area contributed by atoms with Gasteiger partial charge >= 0.3 is 5.97 Å². The van der Waals surface area contributed by atoms with E-state index in [9.17, 15) is 4.79 Å². The highest BCUT2D eigenvalue weighted by Gasteiger charge is 2.15. The third-order valence-corrected chi connectivity index (χ3v) is 3.75. The Bertz CT molecular complexity index is 647. The van der Waals surface area contributed by atoms with Crippen LogP contribution in [0.4, 0.5) is 5.13 Å². The number of nitrogens with zero attached hydrogens (tertiary/aromatic N) is 2. The SMILES string of the molecule is CCOC(=O)c1sc(N/N=C/c2ccc(C)cc2)nc1C. The lowest BCUT2D eigenvalue weighted by Crippen LogP contribution is -2.03. The number of benzene rings is 1. The van der Waals surface area contributed by atoms with E-state index in [0.717, 1.165) is 5.56 Å². The van der Waals surface area contributed by atoms with Gasteiger partial charge in [0.15, 0.2) is 0 Å². The molecule has 1 N–H and O–H groups in total. The van der Waals surface area contributed by atoms with E-state index in [0.29, 0.717) is 22.3 Å². The van der Waals surface area contributed by atoms with E-state index in [4.69, 9.17) is 4.74 Å². The Hall–Kier alpha value is -2.21. The minimum atomic E-state index is -0.344. The average Bonchev–Trinajstić information content (AvgIpc) is 2.82. The van der Waals surface area contributed by atoms with Crippen LogP contribution in [-0.4, -0.2) is 23.8 Å². The van der Waals surface area contributed by atoms with Gasteiger partial charge in [-0.15, -0.1) is 0 Å². The van der Waals surface area contributed by atoms with E-state index in [1.54, 1.807) is 20.1 Å². The van der Waals surface area contributed by atoms with Crippen molar-refractivity contribution in [2.45, 2.75) is 20.8 Å². The fraction of sp³-hybridized carbons (Fsp3) is 0.267. The van der Waals surface area contributed by atoms with E-state index in [2.05, 4.69) is 15.5 Å². The van der Waals surface area contributed by atoms with Gasteiger partial charge in [0.25, 0.3) is 0 Å². The molecular formula is C15H17N3O2S. The molecule has 0 unspecified atom stereocenters. The molecule has 0 radical (unpaired) electrons. The number of aromatic nitrogens is 1. The number of esters is 1. The topological polar surface area (TPSA) is 63.6 Å². The van der Waals surface area contributed by atoms with Gasteiger partial charge in [0.1, 0.15) is 4.88 Å². The highest BCUT2D eigenvalue weighted by Crippen LogP contribution is 2.23. The Morgan fingerprint density at radius 3 is 2.76 bits per heavy atom. The van der Waals surface area contributed by atoms with Gasteiger partial charge in [0, 0.05) is 0 Å². The quantitative estimate of drug-likeness (QED) is 0.522. The molecule has 0 fully saturated rings. The summed E-state index contributed by atoms with van der Waals surface area (Å²) in [5, 5.41) is 4.69. The van der Waals surface area contributed by atoms with Gasteiger partial charge in [-0.1, -0.05) is 41.2 Å². The molecule has 0 saturated carbocycles. The second-order valence-corrected chi connectivity index (χ2v) is 5.43. The zero-order valence-electron chi connectivity index (χ0n) is 12.2. The van der Waals surface area contributed by atoms with Gasteiger partial charge < -0.3 is 4.74 Å². The van der Waals surface area contributed by atoms with Gasteiger partial charge in [-0.05, 0) is 26.3 Å². The number of thiazole rings is 1. The van der Waals surface area contributed by atoms with Crippen molar-refractivity contribution in [3.05, 3.63) is 46.0 Å². The zero-order chi connectivity index (χ0) is 15.2. The van der Waals surface area contributed by atoms with Crippen LogP contribution in [0.1, 0.15) is 33.4 Å². The van der Waals surface area contributed by atoms with Gasteiger partial charge in [0.05, 0.1) is 18.5 Å². The molecule has 0 atom stereocenters. The van der Waals surface area contributed by atoms with Gasteiger partial charge in [-0.3, -0.25) is 5.43 Å². The molecule has 0 spiro atoms. The predicted octanol–water partition coefficient (Wildman–Crippen LogP) is 3.38. The number of nitrogens with one attached hydrogen (secondary N) is 1. The summed E-state index contributed by atoms with van der Waals surface area (Å²) in [4.78, 5) is 16.4. The van der Waals surface area contributed by atoms with E-state index in [-0.39, 0.29) is 5.97 Å². The van der Waals surface area contributed by atoms with Crippen LogP contribution < -0.4 is 5.43 Å². The number of ether oxygens (including phenoxy) is 1. The van der Waals surface area contributed by atoms with Gasteiger partial charge in [-0.2, -0.15) is 5.10 Å². The molecule has 0 saturated heterocycles. The summed E-state index contributed by atoms with van der Waals surface area (Å²) in [5.74, 6) is -0.344. The van der Waals surface area contributed by atoms with Gasteiger partial charge in [0.2, 0.25) is 5.13 Å². The first-order valence-electron chi connectivity index (χ1n) is 6.60. The summed E-state index contributed by atoms with van der Waals surface area (Å²) < 4.78 is 4.97. The van der Waals surface area contributed by atoms with Crippen molar-refractivity contribution in [2.75, 3.05) is 12.0 Å². The van der Waals surface area contributed by atoms with E-state index >= 15 is 0 Å². The minimum Gasteiger partial charge on any atom is -0.462 e. The Labute approximate surface area is 127 Å². The summed E-state index contributed by atoms with van der Waals surface area (Å²) >= 11 is 1.23. The molecule has 0 amide bonds. The lowest BCUT2D eigenvalue weighted by Gasteiger charge is -1.97. The molecule has 21 heavy (non-hydrogen) atoms. The van der Waals surface area contributed by atoms with Crippen molar-refractivity contribution in [1.29, 1.82) is 0 Å². The predicted molar refractivity (Wildman–Crippen MR) is 85.2 cm³/mol. The maximum atomic E-state index is 11.7. The van der Waals surface area contributed by atoms with Crippen LogP contribution in [0.2, 0.25) is 0 Å². The highest BCUT2D eigenvalue weighted by atomic mass is 32.1. The van der Waals surface area contributed by atoms with Gasteiger partial charge in [-0.25, -0.2) is 9.78 Å². The molecule has 6 heteroatoms. The number of hydrogen-bond acceptors (Lipinski definition) is 6. The highest BCUT2D eigenvalue weighted by molar-refractivity contribution is 7.17. The van der Waals surface area contributed by atoms with Crippen molar-refractivity contribution < 1.29 is 9.53 Å². The number of carbonyl (C=O) groups excluding carboxylic acids is 1. The molecule has 2 rings (SSSR count). The van der Waals surface area contributed by atoms with E-state index in [1.165, 1.54) is 16.9 Å². The first kappa shape index (κ1) is 15.2. The molecule has 0 aliphatic carbocycles. The molecule has 110 valence electrons. The maximum absolute atomic E-state index is 11.7. The smallest absolute Gasteiger partial charge is 0.350 e. The largest absolute Gasteiger partial charge is 0.462 e. The van der Waals surface area contributed by atoms with Crippen LogP contribution >= 0.6 is 11.3 Å². The molecule has 1 heterocycles. The van der Waals surface area contributed by atoms with Crippen LogP contribution in [0.5, 0.6) is 0 Å². The molecule has 1 aromatic carbocycles. The lowest BCUT2D eigenvalue weighted by molar-refractivity contribution is 0.0531. The number of hydrazone groups is 1. The minimum absolute atomic E-state index is 0.344. The van der Waals surface area contributed by atoms with Crippen LogP contribution in [0.15, 0.2) is 29.4 Å². The molecule has 5 nitrogen and oxygen atoms in total. The molecule has 0 bridgehead atoms. The maximum Gasteiger partial charge on any atom is 0.350 e. The van der Waals surface area contributed by atoms with Crippen molar-refractivity contribution in [3.8, 4) is 0 Å². The average molecular weight is 303 g/mol. The standard InChI is InChI=1S/C15H17N3O2S/c1-4-20-14(19)13-11(3)17-15(21-13)18-16-9-12-7-5-10(2)6-8-12/h5-9H,4H2,1-3H3,(H,17,18)/b16-9+. The second-order valence-electron chi connectivity index (χ2n) is 4.43. The van der Waals surface area contributed by atoms with Crippen LogP contribution in [0.3, 0.4) is 0 Å². The molecule has 2 aromatic rings. The van der Waals surface area contributed by atoms with Crippen molar-refractivity contribution in [1.82, 2.24) is 4.98 Å². The van der Waals surface area contributed by atoms with Crippen molar-refractivity contribution in [3.63, 3.8) is 0 Å². The van der Waals surface area contributed by atoms with Crippen molar-refractivity contribution in [2.24, 2.45) is 5.10 Å². The number of hydrogen-bond donors (Lipinski definition) is 1. The van der Waals surface area contributed by atoms with E-state index < -0.39 is 0 Å². The fourth-order valence-corrected chi connectivity index (χ4v) is 2.45. The van der Waals surface area contributed by atoms with Crippen LogP contribution in [0.25, 0.3) is 0 Å². The number of anilines is 1. The Morgan fingerprint density at radius 1 is 1.38 bits per heavy atom. The molecule has 0 aliphatic rings. The normalized spacial score (nSPS) is 10.8.